The van der Waals surface area contributed by atoms with Crippen molar-refractivity contribution < 1.29 is 14.3 Å². The summed E-state index contributed by atoms with van der Waals surface area (Å²) in [5.74, 6) is 2.97. The fourth-order valence-corrected chi connectivity index (χ4v) is 9.30. The molecule has 4 heteroatoms. The van der Waals surface area contributed by atoms with Gasteiger partial charge < -0.3 is 9.47 Å². The number of hydrogen-bond acceptors (Lipinski definition) is 4. The minimum atomic E-state index is -0.362. The molecule has 6 atom stereocenters. The molecule has 3 nitrogen and oxygen atoms in total. The van der Waals surface area contributed by atoms with Crippen LogP contribution < -0.4 is 0 Å². The Morgan fingerprint density at radius 3 is 2.62 bits per heavy atom. The predicted octanol–water partition coefficient (Wildman–Crippen LogP) is 6.99. The lowest BCUT2D eigenvalue weighted by Gasteiger charge is -2.56. The van der Waals surface area contributed by atoms with Gasteiger partial charge in [-0.1, -0.05) is 48.9 Å². The molecule has 2 aromatic rings. The summed E-state index contributed by atoms with van der Waals surface area (Å²) >= 11 is 1.80. The van der Waals surface area contributed by atoms with E-state index in [1.165, 1.54) is 16.0 Å². The highest BCUT2D eigenvalue weighted by Gasteiger charge is 2.60. The van der Waals surface area contributed by atoms with Crippen molar-refractivity contribution in [2.45, 2.75) is 63.6 Å². The number of rotatable bonds is 2. The van der Waals surface area contributed by atoms with E-state index in [0.29, 0.717) is 35.4 Å². The highest BCUT2D eigenvalue weighted by atomic mass is 32.1. The molecule has 4 aliphatic carbocycles. The van der Waals surface area contributed by atoms with Gasteiger partial charge in [-0.05, 0) is 77.8 Å². The minimum absolute atomic E-state index is 0.156. The largest absolute Gasteiger partial charge is 0.347 e. The molecule has 0 N–H and O–H groups in total. The van der Waals surface area contributed by atoms with Crippen LogP contribution in [-0.4, -0.2) is 24.8 Å². The van der Waals surface area contributed by atoms with Crippen molar-refractivity contribution in [2.75, 3.05) is 13.2 Å². The van der Waals surface area contributed by atoms with Gasteiger partial charge in [0.15, 0.2) is 5.79 Å². The summed E-state index contributed by atoms with van der Waals surface area (Å²) in [5, 5.41) is 2.14. The lowest BCUT2D eigenvalue weighted by Crippen LogP contribution is -2.51. The van der Waals surface area contributed by atoms with Crippen molar-refractivity contribution in [3.8, 4) is 10.4 Å². The number of benzene rings is 1. The van der Waals surface area contributed by atoms with E-state index in [0.717, 1.165) is 58.2 Å². The van der Waals surface area contributed by atoms with Crippen LogP contribution in [0.2, 0.25) is 0 Å². The maximum absolute atomic E-state index is 13.2. The second kappa shape index (κ2) is 7.88. The zero-order valence-electron chi connectivity index (χ0n) is 20.0. The molecule has 7 rings (SSSR count). The van der Waals surface area contributed by atoms with Gasteiger partial charge in [0.25, 0.3) is 0 Å². The summed E-state index contributed by atoms with van der Waals surface area (Å²) in [6, 6.07) is 13.7. The molecule has 0 unspecified atom stereocenters. The minimum Gasteiger partial charge on any atom is -0.347 e. The fourth-order valence-electron chi connectivity index (χ4n) is 8.57. The van der Waals surface area contributed by atoms with Crippen LogP contribution in [0.3, 0.4) is 0 Å². The quantitative estimate of drug-likeness (QED) is 0.440. The second-order valence-electron chi connectivity index (χ2n) is 11.6. The number of ether oxygens (including phenoxy) is 2. The van der Waals surface area contributed by atoms with Crippen LogP contribution in [0.1, 0.15) is 63.4 Å². The molecule has 1 saturated heterocycles. The highest BCUT2D eigenvalue weighted by molar-refractivity contribution is 7.13. The van der Waals surface area contributed by atoms with Crippen molar-refractivity contribution >= 4 is 17.1 Å². The van der Waals surface area contributed by atoms with E-state index >= 15 is 0 Å². The number of thiophene rings is 1. The highest BCUT2D eigenvalue weighted by Crippen LogP contribution is 2.65. The molecule has 0 amide bonds. The van der Waals surface area contributed by atoms with Gasteiger partial charge in [-0.3, -0.25) is 4.79 Å². The summed E-state index contributed by atoms with van der Waals surface area (Å²) in [4.78, 5) is 14.5. The van der Waals surface area contributed by atoms with Gasteiger partial charge in [0.05, 0.1) is 13.2 Å². The Labute approximate surface area is 206 Å². The number of allylic oxidation sites excluding steroid dienone is 1. The maximum Gasteiger partial charge on any atom is 0.172 e. The number of carbonyl (C=O) groups is 1. The summed E-state index contributed by atoms with van der Waals surface area (Å²) in [5.41, 5.74) is 4.15. The van der Waals surface area contributed by atoms with E-state index in [4.69, 9.17) is 9.47 Å². The van der Waals surface area contributed by atoms with Crippen molar-refractivity contribution in [3.05, 3.63) is 59.0 Å². The molecule has 1 aromatic carbocycles. The van der Waals surface area contributed by atoms with Crippen LogP contribution in [0.15, 0.2) is 53.4 Å². The predicted molar refractivity (Wildman–Crippen MR) is 135 cm³/mol. The SMILES string of the molecule is C[C@]12C[C@H](c3ccc(-c4cccs4)cc3)[C@H]3[C@@H](CC=C4CC5(CC[C@@H]43)OCCO5)[C@@H]1CCC2=O. The molecule has 1 aliphatic heterocycles. The van der Waals surface area contributed by atoms with Gasteiger partial charge in [0.1, 0.15) is 5.78 Å². The molecular formula is C30H34O3S. The van der Waals surface area contributed by atoms with Crippen molar-refractivity contribution in [3.63, 3.8) is 0 Å². The molecule has 0 radical (unpaired) electrons. The Bertz CT molecular complexity index is 1110. The summed E-state index contributed by atoms with van der Waals surface area (Å²) in [6.07, 6.45) is 9.61. The van der Waals surface area contributed by atoms with E-state index in [1.54, 1.807) is 16.9 Å². The van der Waals surface area contributed by atoms with E-state index in [9.17, 15) is 4.79 Å². The summed E-state index contributed by atoms with van der Waals surface area (Å²) in [6.45, 7) is 3.75. The Morgan fingerprint density at radius 2 is 1.85 bits per heavy atom. The lowest BCUT2D eigenvalue weighted by molar-refractivity contribution is -0.176. The van der Waals surface area contributed by atoms with Gasteiger partial charge in [-0.15, -0.1) is 11.3 Å². The third-order valence-corrected chi connectivity index (χ3v) is 11.0. The molecular weight excluding hydrogens is 440 g/mol. The first-order valence-electron chi connectivity index (χ1n) is 13.2. The first-order valence-corrected chi connectivity index (χ1v) is 14.1. The molecule has 1 aromatic heterocycles. The number of carbonyl (C=O) groups excluding carboxylic acids is 1. The first kappa shape index (κ1) is 21.5. The summed E-state index contributed by atoms with van der Waals surface area (Å²) < 4.78 is 12.2. The average Bonchev–Trinajstić information content (AvgIpc) is 3.61. The number of ketones is 1. The van der Waals surface area contributed by atoms with E-state index in [-0.39, 0.29) is 11.2 Å². The monoisotopic (exact) mass is 474 g/mol. The van der Waals surface area contributed by atoms with Crippen LogP contribution in [0, 0.1) is 29.1 Å². The first-order chi connectivity index (χ1) is 16.6. The van der Waals surface area contributed by atoms with Crippen LogP contribution in [-0.2, 0) is 14.3 Å². The zero-order valence-corrected chi connectivity index (χ0v) is 20.8. The Kier molecular flexibility index (Phi) is 4.99. The average molecular weight is 475 g/mol. The molecule has 34 heavy (non-hydrogen) atoms. The van der Waals surface area contributed by atoms with E-state index in [1.807, 2.05) is 0 Å². The Morgan fingerprint density at radius 1 is 1.03 bits per heavy atom. The number of hydrogen-bond donors (Lipinski definition) is 0. The van der Waals surface area contributed by atoms with Crippen molar-refractivity contribution in [1.29, 1.82) is 0 Å². The third kappa shape index (κ3) is 3.18. The Balaban J connectivity index is 1.26. The van der Waals surface area contributed by atoms with Crippen LogP contribution in [0.5, 0.6) is 0 Å². The topological polar surface area (TPSA) is 35.5 Å². The zero-order chi connectivity index (χ0) is 22.9. The Hall–Kier alpha value is -1.75. The third-order valence-electron chi connectivity index (χ3n) is 10.1. The maximum atomic E-state index is 13.2. The van der Waals surface area contributed by atoms with Gasteiger partial charge in [0, 0.05) is 29.6 Å². The molecule has 178 valence electrons. The fraction of sp³-hybridized carbons (Fsp3) is 0.567. The van der Waals surface area contributed by atoms with Gasteiger partial charge in [0.2, 0.25) is 0 Å². The molecule has 5 aliphatic rings. The van der Waals surface area contributed by atoms with Gasteiger partial charge in [-0.2, -0.15) is 0 Å². The van der Waals surface area contributed by atoms with Gasteiger partial charge >= 0.3 is 0 Å². The summed E-state index contributed by atoms with van der Waals surface area (Å²) in [7, 11) is 0. The molecule has 1 spiro atoms. The van der Waals surface area contributed by atoms with E-state index in [2.05, 4.69) is 54.8 Å². The molecule has 4 fully saturated rings. The molecule has 2 heterocycles. The molecule has 0 bridgehead atoms. The smallest absolute Gasteiger partial charge is 0.172 e. The van der Waals surface area contributed by atoms with Crippen LogP contribution >= 0.6 is 11.3 Å². The number of Topliss-reactive ketones (excluding diaryl/α,β-unsaturated/α-hetero) is 1. The second-order valence-corrected chi connectivity index (χ2v) is 12.5. The standard InChI is InChI=1S/C30H34O3S/c1-29-18-24(19-4-6-20(7-5-19)26-3-2-16-34-26)28-22-12-13-30(32-14-15-33-30)17-21(22)8-9-23(28)25(29)10-11-27(29)31/h2-8,16,22-25,28H,9-15,17-18H2,1H3/t22-,23-,24+,25-,28+,29-/m0/s1. The van der Waals surface area contributed by atoms with Crippen molar-refractivity contribution in [2.24, 2.45) is 29.1 Å². The van der Waals surface area contributed by atoms with Crippen LogP contribution in [0.25, 0.3) is 10.4 Å². The number of fused-ring (bicyclic) bond motifs is 5. The lowest BCUT2D eigenvalue weighted by atomic mass is 9.48. The van der Waals surface area contributed by atoms with E-state index < -0.39 is 0 Å². The van der Waals surface area contributed by atoms with Gasteiger partial charge in [-0.25, -0.2) is 0 Å². The van der Waals surface area contributed by atoms with Crippen LogP contribution in [0.4, 0.5) is 0 Å². The van der Waals surface area contributed by atoms with Crippen molar-refractivity contribution in [1.82, 2.24) is 0 Å². The normalized spacial score (nSPS) is 38.3. The molecule has 3 saturated carbocycles.